The smallest absolute Gasteiger partial charge is 0.215 e. The van der Waals surface area contributed by atoms with E-state index in [1.807, 2.05) is 122 Å². The molecule has 58 heavy (non-hydrogen) atoms. The maximum Gasteiger partial charge on any atom is 0.215 e. The molecule has 8 heteroatoms. The second kappa shape index (κ2) is 20.2. The summed E-state index contributed by atoms with van der Waals surface area (Å²) in [5.74, 6) is 2.23. The van der Waals surface area contributed by atoms with Gasteiger partial charge in [-0.2, -0.15) is 11.1 Å². The van der Waals surface area contributed by atoms with Crippen LogP contribution in [-0.4, -0.2) is 19.1 Å². The minimum absolute atomic E-state index is 0. The van der Waals surface area contributed by atoms with Crippen molar-refractivity contribution in [2.24, 2.45) is 0 Å². The van der Waals surface area contributed by atoms with Gasteiger partial charge in [0.1, 0.15) is 0 Å². The van der Waals surface area contributed by atoms with Crippen LogP contribution in [0.1, 0.15) is 52.7 Å². The van der Waals surface area contributed by atoms with Crippen LogP contribution >= 0.6 is 0 Å². The number of aromatic nitrogens is 4. The Kier molecular flexibility index (Phi) is 15.7. The molecular formula is C50H40N4O2Pt2-6. The fourth-order valence-electron chi connectivity index (χ4n) is 5.78. The Morgan fingerprint density at radius 1 is 0.534 bits per heavy atom. The van der Waals surface area contributed by atoms with Gasteiger partial charge in [-0.25, -0.2) is 34.2 Å². The normalized spacial score (nSPS) is 10.6. The van der Waals surface area contributed by atoms with Gasteiger partial charge in [0, 0.05) is 89.8 Å². The molecule has 0 spiro atoms. The van der Waals surface area contributed by atoms with E-state index in [1.165, 1.54) is 0 Å². The summed E-state index contributed by atoms with van der Waals surface area (Å²) in [5, 5.41) is 2.29. The third kappa shape index (κ3) is 11.3. The van der Waals surface area contributed by atoms with Gasteiger partial charge in [-0.05, 0) is 36.4 Å². The molecule has 0 aliphatic heterocycles. The van der Waals surface area contributed by atoms with Gasteiger partial charge < -0.3 is 66.8 Å². The summed E-state index contributed by atoms with van der Waals surface area (Å²) in [4.78, 5) is 8.61. The van der Waals surface area contributed by atoms with Crippen molar-refractivity contribution in [1.82, 2.24) is 19.1 Å². The minimum atomic E-state index is -0.160. The average molecular weight is 1120 g/mol. The summed E-state index contributed by atoms with van der Waals surface area (Å²) in [7, 11) is 0. The van der Waals surface area contributed by atoms with Gasteiger partial charge in [-0.3, -0.25) is 0 Å². The summed E-state index contributed by atoms with van der Waals surface area (Å²) in [5.41, 5.74) is 5.08. The number of pyridine rings is 2. The monoisotopic (exact) mass is 1120 g/mol. The number of hydrogen-bond donors (Lipinski definition) is 0. The number of hydrogen-bond acceptors (Lipinski definition) is 4. The second-order valence-electron chi connectivity index (χ2n) is 14.8. The molecule has 4 aromatic carbocycles. The number of ether oxygens (including phenoxy) is 2. The molecule has 0 saturated heterocycles. The number of para-hydroxylation sites is 2. The molecular weight excluding hydrogens is 1080 g/mol. The number of benzene rings is 4. The quantitative estimate of drug-likeness (QED) is 0.127. The molecule has 0 unspecified atom stereocenters. The van der Waals surface area contributed by atoms with E-state index in [0.717, 1.165) is 32.9 Å². The summed E-state index contributed by atoms with van der Waals surface area (Å²) in [6.07, 6.45) is 21.0. The van der Waals surface area contributed by atoms with Crippen molar-refractivity contribution in [3.63, 3.8) is 0 Å². The summed E-state index contributed by atoms with van der Waals surface area (Å²) in [6, 6.07) is 52.9. The van der Waals surface area contributed by atoms with Crippen LogP contribution in [0.3, 0.4) is 0 Å². The third-order valence-electron chi connectivity index (χ3n) is 8.68. The first-order chi connectivity index (χ1) is 26.9. The van der Waals surface area contributed by atoms with Gasteiger partial charge >= 0.3 is 0 Å². The van der Waals surface area contributed by atoms with Gasteiger partial charge in [0.2, 0.25) is 11.8 Å². The molecule has 0 saturated carbocycles. The second-order valence-corrected chi connectivity index (χ2v) is 14.8. The van der Waals surface area contributed by atoms with Crippen molar-refractivity contribution in [1.29, 1.82) is 0 Å². The van der Waals surface area contributed by atoms with Crippen LogP contribution in [0, 0.1) is 49.2 Å². The van der Waals surface area contributed by atoms with Gasteiger partial charge in [0.05, 0.1) is 11.0 Å². The van der Waals surface area contributed by atoms with E-state index in [-0.39, 0.29) is 53.0 Å². The predicted octanol–water partition coefficient (Wildman–Crippen LogP) is 11.6. The molecule has 0 aliphatic rings. The zero-order chi connectivity index (χ0) is 39.7. The Labute approximate surface area is 371 Å². The van der Waals surface area contributed by atoms with Gasteiger partial charge in [0.25, 0.3) is 0 Å². The van der Waals surface area contributed by atoms with Crippen molar-refractivity contribution < 1.29 is 51.6 Å². The Hall–Kier alpha value is -5.64. The van der Waals surface area contributed by atoms with Crippen LogP contribution in [0.5, 0.6) is 23.3 Å². The zero-order valence-corrected chi connectivity index (χ0v) is 37.5. The first kappa shape index (κ1) is 45.1. The molecule has 8 rings (SSSR count). The van der Waals surface area contributed by atoms with E-state index < -0.39 is 0 Å². The summed E-state index contributed by atoms with van der Waals surface area (Å²) < 4.78 is 15.6. The third-order valence-corrected chi connectivity index (χ3v) is 8.68. The molecule has 6 nitrogen and oxygen atoms in total. The molecule has 0 aliphatic carbocycles. The van der Waals surface area contributed by atoms with E-state index in [0.29, 0.717) is 34.4 Å². The topological polar surface area (TPSA) is 54.1 Å². The van der Waals surface area contributed by atoms with Crippen LogP contribution < -0.4 is 9.47 Å². The molecule has 0 radical (unpaired) electrons. The summed E-state index contributed by atoms with van der Waals surface area (Å²) in [6.45, 7) is 12.8. The van der Waals surface area contributed by atoms with E-state index >= 15 is 0 Å². The maximum atomic E-state index is 6.96. The molecule has 8 aromatic rings. The Morgan fingerprint density at radius 2 is 0.914 bits per heavy atom. The van der Waals surface area contributed by atoms with Crippen molar-refractivity contribution in [3.8, 4) is 46.5 Å². The van der Waals surface area contributed by atoms with E-state index in [1.54, 1.807) is 21.5 Å². The van der Waals surface area contributed by atoms with Gasteiger partial charge in [-0.1, -0.05) is 112 Å². The molecule has 0 bridgehead atoms. The van der Waals surface area contributed by atoms with E-state index in [2.05, 4.69) is 87.9 Å². The molecule has 0 amide bonds. The first-order valence-corrected chi connectivity index (χ1v) is 18.1. The van der Waals surface area contributed by atoms with Crippen LogP contribution in [0.4, 0.5) is 0 Å². The van der Waals surface area contributed by atoms with E-state index in [9.17, 15) is 0 Å². The van der Waals surface area contributed by atoms with E-state index in [4.69, 9.17) is 22.3 Å². The molecule has 298 valence electrons. The molecule has 0 fully saturated rings. The predicted molar refractivity (Wildman–Crippen MR) is 222 cm³/mol. The SMILES string of the molecule is CC(C)(C)c1c[c-]c(-c2[c-]cc(C(C)(C)C)c(Oc3ccccn3)[c-]2)[c-]c1Oc1ccccn1.[C-]#Cn1ccc2ccccc21.[C-]#Cn1ccc2ccccc21.[Pt].[Pt]. The van der Waals surface area contributed by atoms with Crippen LogP contribution in [0.25, 0.3) is 32.9 Å². The number of nitrogens with zero attached hydrogens (tertiary/aromatic N) is 4. The zero-order valence-electron chi connectivity index (χ0n) is 32.9. The molecule has 4 aromatic heterocycles. The van der Waals surface area contributed by atoms with Crippen LogP contribution in [-0.2, 0) is 53.0 Å². The molecule has 0 atom stereocenters. The minimum Gasteiger partial charge on any atom is -0.669 e. The standard InChI is InChI=1S/C30H28N2O2.2C10H6N.2Pt/c1-29(2,3)23-15-13-21(19-25(23)33-27-11-7-9-17-31-27)22-14-16-24(30(4,5)6)26(20-22)34-28-12-8-10-18-32-28;2*1-2-11-8-7-9-5-3-4-6-10(9)11;;/h7-12,15-18H,1-6H3;2*3-8H;;/q-4;2*-1;;. The Morgan fingerprint density at radius 3 is 1.26 bits per heavy atom. The fourth-order valence-corrected chi connectivity index (χ4v) is 5.78. The maximum absolute atomic E-state index is 6.96. The summed E-state index contributed by atoms with van der Waals surface area (Å²) >= 11 is 0. The Balaban J connectivity index is 0.000000250. The van der Waals surface area contributed by atoms with Crippen molar-refractivity contribution in [2.75, 3.05) is 0 Å². The van der Waals surface area contributed by atoms with Gasteiger partial charge in [0.15, 0.2) is 0 Å². The molecule has 0 N–H and O–H groups in total. The fraction of sp³-hybridized carbons (Fsp3) is 0.160. The average Bonchev–Trinajstić information content (AvgIpc) is 3.82. The molecule has 4 heterocycles. The first-order valence-electron chi connectivity index (χ1n) is 18.1. The Bertz CT molecular complexity index is 2450. The number of fused-ring (bicyclic) bond motifs is 2. The van der Waals surface area contributed by atoms with Crippen molar-refractivity contribution >= 4 is 21.8 Å². The number of rotatable bonds is 5. The van der Waals surface area contributed by atoms with Crippen molar-refractivity contribution in [2.45, 2.75) is 52.4 Å². The largest absolute Gasteiger partial charge is 0.669 e. The van der Waals surface area contributed by atoms with Crippen LogP contribution in [0.2, 0.25) is 0 Å². The van der Waals surface area contributed by atoms with Crippen molar-refractivity contribution in [3.05, 3.63) is 182 Å². The van der Waals surface area contributed by atoms with Gasteiger partial charge in [-0.15, -0.1) is 0 Å². The van der Waals surface area contributed by atoms with Crippen LogP contribution in [0.15, 0.2) is 134 Å².